The highest BCUT2D eigenvalue weighted by Gasteiger charge is 2.30. The van der Waals surface area contributed by atoms with Gasteiger partial charge in [-0.25, -0.2) is 9.97 Å². The zero-order valence-corrected chi connectivity index (χ0v) is 18.5. The number of carbonyl (C=O) groups excluding carboxylic acids is 1. The summed E-state index contributed by atoms with van der Waals surface area (Å²) in [4.78, 5) is 23.4. The lowest BCUT2D eigenvalue weighted by Gasteiger charge is -2.28. The second-order valence-corrected chi connectivity index (χ2v) is 7.88. The average molecular weight is 471 g/mol. The van der Waals surface area contributed by atoms with E-state index < -0.39 is 17.6 Å². The molecule has 1 aliphatic rings. The molecular formula is C24H24F3N5O2. The Labute approximate surface area is 195 Å². The third kappa shape index (κ3) is 6.22. The van der Waals surface area contributed by atoms with E-state index in [-0.39, 0.29) is 6.42 Å². The summed E-state index contributed by atoms with van der Waals surface area (Å²) in [5.74, 6) is 1.72. The number of ether oxygens (including phenoxy) is 1. The van der Waals surface area contributed by atoms with Crippen molar-refractivity contribution < 1.29 is 22.7 Å². The Morgan fingerprint density at radius 3 is 2.44 bits per heavy atom. The standard InChI is InChI=1S/C24H24F3N5O2/c1-16-28-21(15-22(29-16)32-9-11-34-12-10-32)30-19-5-7-20(8-6-19)31-23(33)14-17-3-2-4-18(13-17)24(25,26)27/h2-8,13,15H,9-12,14H2,1H3,(H,31,33)(H,28,29,30). The van der Waals surface area contributed by atoms with Crippen molar-refractivity contribution in [2.45, 2.75) is 19.5 Å². The molecule has 1 aliphatic heterocycles. The van der Waals surface area contributed by atoms with Crippen LogP contribution in [0.1, 0.15) is 17.0 Å². The van der Waals surface area contributed by atoms with Gasteiger partial charge in [0, 0.05) is 30.5 Å². The fourth-order valence-corrected chi connectivity index (χ4v) is 3.60. The Kier molecular flexibility index (Phi) is 6.97. The molecule has 4 rings (SSSR count). The van der Waals surface area contributed by atoms with Crippen molar-refractivity contribution >= 4 is 28.9 Å². The van der Waals surface area contributed by atoms with Gasteiger partial charge >= 0.3 is 6.18 Å². The summed E-state index contributed by atoms with van der Waals surface area (Å²) < 4.78 is 44.0. The number of halogens is 3. The molecule has 0 unspecified atom stereocenters. The van der Waals surface area contributed by atoms with E-state index in [1.165, 1.54) is 12.1 Å². The van der Waals surface area contributed by atoms with E-state index in [1.807, 2.05) is 13.0 Å². The average Bonchev–Trinajstić information content (AvgIpc) is 2.80. The third-order valence-corrected chi connectivity index (χ3v) is 5.22. The van der Waals surface area contributed by atoms with Crippen LogP contribution in [-0.2, 0) is 22.1 Å². The summed E-state index contributed by atoms with van der Waals surface area (Å²) in [6.45, 7) is 4.69. The van der Waals surface area contributed by atoms with Gasteiger partial charge in [-0.1, -0.05) is 18.2 Å². The van der Waals surface area contributed by atoms with Crippen LogP contribution in [0.2, 0.25) is 0 Å². The molecule has 2 aromatic carbocycles. The molecule has 0 saturated carbocycles. The van der Waals surface area contributed by atoms with Crippen molar-refractivity contribution in [3.63, 3.8) is 0 Å². The number of aryl methyl sites for hydroxylation is 1. The number of carbonyl (C=O) groups is 1. The lowest BCUT2D eigenvalue weighted by atomic mass is 10.1. The number of rotatable bonds is 6. The van der Waals surface area contributed by atoms with Gasteiger partial charge < -0.3 is 20.3 Å². The molecule has 0 bridgehead atoms. The Hall–Kier alpha value is -3.66. The van der Waals surface area contributed by atoms with Crippen LogP contribution in [0, 0.1) is 6.92 Å². The molecule has 1 fully saturated rings. The first-order valence-corrected chi connectivity index (χ1v) is 10.8. The fourth-order valence-electron chi connectivity index (χ4n) is 3.60. The smallest absolute Gasteiger partial charge is 0.378 e. The predicted molar refractivity (Wildman–Crippen MR) is 123 cm³/mol. The molecule has 0 aliphatic carbocycles. The highest BCUT2D eigenvalue weighted by atomic mass is 19.4. The molecule has 2 N–H and O–H groups in total. The highest BCUT2D eigenvalue weighted by molar-refractivity contribution is 5.92. The van der Waals surface area contributed by atoms with Gasteiger partial charge in [0.1, 0.15) is 17.5 Å². The number of morpholine rings is 1. The van der Waals surface area contributed by atoms with Gasteiger partial charge in [0.25, 0.3) is 0 Å². The first kappa shape index (κ1) is 23.5. The van der Waals surface area contributed by atoms with Crippen LogP contribution in [0.3, 0.4) is 0 Å². The maximum atomic E-state index is 12.9. The van der Waals surface area contributed by atoms with E-state index in [0.29, 0.717) is 36.1 Å². The number of hydrogen-bond acceptors (Lipinski definition) is 6. The predicted octanol–water partition coefficient (Wildman–Crippen LogP) is 4.57. The number of anilines is 4. The van der Waals surface area contributed by atoms with Gasteiger partial charge in [0.05, 0.1) is 25.2 Å². The summed E-state index contributed by atoms with van der Waals surface area (Å²) >= 11 is 0. The minimum Gasteiger partial charge on any atom is -0.378 e. The lowest BCUT2D eigenvalue weighted by molar-refractivity contribution is -0.137. The summed E-state index contributed by atoms with van der Waals surface area (Å²) in [6.07, 6.45) is -4.60. The summed E-state index contributed by atoms with van der Waals surface area (Å²) in [6, 6.07) is 13.6. The second kappa shape index (κ2) is 10.1. The van der Waals surface area contributed by atoms with E-state index in [4.69, 9.17) is 4.74 Å². The van der Waals surface area contributed by atoms with Crippen LogP contribution in [0.4, 0.5) is 36.2 Å². The van der Waals surface area contributed by atoms with Crippen LogP contribution in [0.25, 0.3) is 0 Å². The molecule has 0 atom stereocenters. The Balaban J connectivity index is 1.37. The van der Waals surface area contributed by atoms with Crippen molar-refractivity contribution in [1.82, 2.24) is 9.97 Å². The molecule has 3 aromatic rings. The number of amides is 1. The van der Waals surface area contributed by atoms with Crippen molar-refractivity contribution in [1.29, 1.82) is 0 Å². The number of nitrogens with one attached hydrogen (secondary N) is 2. The third-order valence-electron chi connectivity index (χ3n) is 5.22. The summed E-state index contributed by atoms with van der Waals surface area (Å²) in [7, 11) is 0. The van der Waals surface area contributed by atoms with Gasteiger partial charge in [0.2, 0.25) is 5.91 Å². The van der Waals surface area contributed by atoms with Gasteiger partial charge in [-0.05, 0) is 42.8 Å². The van der Waals surface area contributed by atoms with E-state index in [1.54, 1.807) is 24.3 Å². The van der Waals surface area contributed by atoms with Gasteiger partial charge in [-0.3, -0.25) is 4.79 Å². The molecule has 7 nitrogen and oxygen atoms in total. The molecule has 10 heteroatoms. The molecule has 1 aromatic heterocycles. The highest BCUT2D eigenvalue weighted by Crippen LogP contribution is 2.29. The Morgan fingerprint density at radius 1 is 1.03 bits per heavy atom. The Morgan fingerprint density at radius 2 is 1.74 bits per heavy atom. The number of hydrogen-bond donors (Lipinski definition) is 2. The minimum atomic E-state index is -4.44. The molecule has 34 heavy (non-hydrogen) atoms. The first-order chi connectivity index (χ1) is 16.3. The molecule has 1 saturated heterocycles. The number of alkyl halides is 3. The van der Waals surface area contributed by atoms with Gasteiger partial charge in [-0.2, -0.15) is 13.2 Å². The van der Waals surface area contributed by atoms with E-state index in [0.717, 1.165) is 36.7 Å². The maximum Gasteiger partial charge on any atom is 0.416 e. The lowest BCUT2D eigenvalue weighted by Crippen LogP contribution is -2.36. The quantitative estimate of drug-likeness (QED) is 0.549. The number of benzene rings is 2. The molecule has 0 radical (unpaired) electrons. The van der Waals surface area contributed by atoms with E-state index >= 15 is 0 Å². The number of nitrogens with zero attached hydrogens (tertiary/aromatic N) is 3. The van der Waals surface area contributed by atoms with E-state index in [9.17, 15) is 18.0 Å². The molecule has 1 amide bonds. The number of aromatic nitrogens is 2. The summed E-state index contributed by atoms with van der Waals surface area (Å²) in [5.41, 5.74) is 0.822. The van der Waals surface area contributed by atoms with Crippen molar-refractivity contribution in [2.75, 3.05) is 41.8 Å². The fraction of sp³-hybridized carbons (Fsp3) is 0.292. The zero-order valence-electron chi connectivity index (χ0n) is 18.5. The summed E-state index contributed by atoms with van der Waals surface area (Å²) in [5, 5.41) is 5.95. The van der Waals surface area contributed by atoms with Gasteiger partial charge in [-0.15, -0.1) is 0 Å². The first-order valence-electron chi connectivity index (χ1n) is 10.8. The zero-order chi connectivity index (χ0) is 24.1. The van der Waals surface area contributed by atoms with Crippen molar-refractivity contribution in [2.24, 2.45) is 0 Å². The van der Waals surface area contributed by atoms with Gasteiger partial charge in [0.15, 0.2) is 0 Å². The van der Waals surface area contributed by atoms with Crippen LogP contribution in [-0.4, -0.2) is 42.2 Å². The second-order valence-electron chi connectivity index (χ2n) is 7.88. The SMILES string of the molecule is Cc1nc(Nc2ccc(NC(=O)Cc3cccc(C(F)(F)F)c3)cc2)cc(N2CCOCC2)n1. The van der Waals surface area contributed by atoms with Crippen LogP contribution < -0.4 is 15.5 Å². The normalized spacial score (nSPS) is 14.1. The molecule has 178 valence electrons. The van der Waals surface area contributed by atoms with Crippen LogP contribution in [0.5, 0.6) is 0 Å². The molecule has 0 spiro atoms. The maximum absolute atomic E-state index is 12.9. The minimum absolute atomic E-state index is 0.158. The topological polar surface area (TPSA) is 79.4 Å². The van der Waals surface area contributed by atoms with E-state index in [2.05, 4.69) is 25.5 Å². The Bertz CT molecular complexity index is 1150. The van der Waals surface area contributed by atoms with Crippen LogP contribution >= 0.6 is 0 Å². The van der Waals surface area contributed by atoms with Crippen molar-refractivity contribution in [3.8, 4) is 0 Å². The molecule has 2 heterocycles. The van der Waals surface area contributed by atoms with Crippen LogP contribution in [0.15, 0.2) is 54.6 Å². The monoisotopic (exact) mass is 471 g/mol. The largest absolute Gasteiger partial charge is 0.416 e. The molecular weight excluding hydrogens is 447 g/mol. The van der Waals surface area contributed by atoms with Crippen molar-refractivity contribution in [3.05, 3.63) is 71.5 Å².